The van der Waals surface area contributed by atoms with Crippen LogP contribution in [0.3, 0.4) is 0 Å². The second kappa shape index (κ2) is 21.0. The Kier molecular flexibility index (Phi) is 17.5. The Morgan fingerprint density at radius 3 is 1.96 bits per heavy atom. The molecule has 0 saturated heterocycles. The number of amides is 1. The molecule has 280 valence electrons. The molecule has 2 aromatic carbocycles. The van der Waals surface area contributed by atoms with Crippen LogP contribution < -0.4 is 5.32 Å². The molecule has 51 heavy (non-hydrogen) atoms. The van der Waals surface area contributed by atoms with Gasteiger partial charge in [-0.25, -0.2) is 9.59 Å². The second-order valence-electron chi connectivity index (χ2n) is 12.7. The normalized spacial score (nSPS) is 14.1. The molecular weight excluding hydrogens is 671 g/mol. The average molecular weight is 720 g/mol. The minimum atomic E-state index is -4.54. The predicted octanol–water partition coefficient (Wildman–Crippen LogP) is 7.22. The van der Waals surface area contributed by atoms with Crippen LogP contribution in [-0.4, -0.2) is 61.7 Å². The van der Waals surface area contributed by atoms with Gasteiger partial charge in [0.1, 0.15) is 11.8 Å². The summed E-state index contributed by atoms with van der Waals surface area (Å²) in [6, 6.07) is 8.94. The first-order valence-electron chi connectivity index (χ1n) is 17.2. The van der Waals surface area contributed by atoms with Gasteiger partial charge in [-0.05, 0) is 54.5 Å². The number of nitrogens with one attached hydrogen (secondary N) is 1. The van der Waals surface area contributed by atoms with Gasteiger partial charge < -0.3 is 25.7 Å². The summed E-state index contributed by atoms with van der Waals surface area (Å²) in [6.07, 6.45) is 5.96. The molecule has 0 radical (unpaired) electrons. The van der Waals surface area contributed by atoms with Gasteiger partial charge in [-0.1, -0.05) is 94.0 Å². The van der Waals surface area contributed by atoms with E-state index in [9.17, 15) is 57.6 Å². The van der Waals surface area contributed by atoms with E-state index in [1.54, 1.807) is 0 Å². The van der Waals surface area contributed by atoms with Crippen LogP contribution >= 0.6 is 0 Å². The molecular formula is C38H48F3NO9. The van der Waals surface area contributed by atoms with E-state index >= 15 is 0 Å². The fraction of sp³-hybridized carbons (Fsp3) is 0.500. The number of carbonyl (C=O) groups excluding carboxylic acids is 2. The van der Waals surface area contributed by atoms with E-state index < -0.39 is 59.5 Å². The van der Waals surface area contributed by atoms with Crippen LogP contribution in [0.15, 0.2) is 60.7 Å². The number of rotatable bonds is 24. The molecule has 0 bridgehead atoms. The smallest absolute Gasteiger partial charge is 0.416 e. The molecule has 3 atom stereocenters. The van der Waals surface area contributed by atoms with E-state index in [2.05, 4.69) is 12.2 Å². The molecule has 0 saturated carbocycles. The van der Waals surface area contributed by atoms with E-state index in [-0.39, 0.29) is 17.8 Å². The minimum Gasteiger partial charge on any atom is -0.481 e. The van der Waals surface area contributed by atoms with E-state index in [0.717, 1.165) is 63.2 Å². The summed E-state index contributed by atoms with van der Waals surface area (Å²) in [5, 5.41) is 42.1. The number of alkyl halides is 3. The topological polar surface area (TPSA) is 178 Å². The van der Waals surface area contributed by atoms with Crippen LogP contribution in [0, 0.1) is 5.92 Å². The number of aliphatic hydroxyl groups is 1. The molecule has 0 aromatic heterocycles. The molecule has 10 nitrogen and oxygen atoms in total. The maximum Gasteiger partial charge on any atom is 0.416 e. The Morgan fingerprint density at radius 2 is 1.41 bits per heavy atom. The van der Waals surface area contributed by atoms with Gasteiger partial charge in [0.2, 0.25) is 5.91 Å². The largest absolute Gasteiger partial charge is 0.481 e. The highest BCUT2D eigenvalue weighted by Crippen LogP contribution is 2.32. The molecule has 0 heterocycles. The van der Waals surface area contributed by atoms with Gasteiger partial charge in [-0.2, -0.15) is 13.2 Å². The summed E-state index contributed by atoms with van der Waals surface area (Å²) in [7, 11) is 0. The van der Waals surface area contributed by atoms with Crippen LogP contribution in [0.5, 0.6) is 0 Å². The molecule has 0 fully saturated rings. The molecule has 2 aromatic rings. The number of carboxylic acids is 3. The predicted molar refractivity (Wildman–Crippen MR) is 184 cm³/mol. The van der Waals surface area contributed by atoms with Crippen LogP contribution in [-0.2, 0) is 36.6 Å². The summed E-state index contributed by atoms with van der Waals surface area (Å²) >= 11 is 0. The van der Waals surface area contributed by atoms with Crippen molar-refractivity contribution >= 4 is 29.6 Å². The summed E-state index contributed by atoms with van der Waals surface area (Å²) in [5.74, 6) is -8.14. The van der Waals surface area contributed by atoms with Crippen molar-refractivity contribution in [2.45, 2.75) is 115 Å². The first-order chi connectivity index (χ1) is 24.1. The third-order valence-electron chi connectivity index (χ3n) is 8.58. The zero-order chi connectivity index (χ0) is 38.0. The molecule has 0 unspecified atom stereocenters. The lowest BCUT2D eigenvalue weighted by Crippen LogP contribution is -2.55. The Morgan fingerprint density at radius 1 is 0.804 bits per heavy atom. The lowest BCUT2D eigenvalue weighted by molar-refractivity contribution is -0.172. The van der Waals surface area contributed by atoms with Gasteiger partial charge in [0.25, 0.3) is 0 Å². The van der Waals surface area contributed by atoms with Gasteiger partial charge in [0, 0.05) is 19.3 Å². The van der Waals surface area contributed by atoms with Crippen LogP contribution in [0.2, 0.25) is 0 Å². The average Bonchev–Trinajstić information content (AvgIpc) is 3.06. The second-order valence-corrected chi connectivity index (χ2v) is 12.7. The fourth-order valence-corrected chi connectivity index (χ4v) is 5.64. The van der Waals surface area contributed by atoms with Crippen molar-refractivity contribution in [3.63, 3.8) is 0 Å². The first kappa shape index (κ1) is 42.6. The highest BCUT2D eigenvalue weighted by molar-refractivity contribution is 5.94. The van der Waals surface area contributed by atoms with Gasteiger partial charge in [-0.15, -0.1) is 0 Å². The zero-order valence-corrected chi connectivity index (χ0v) is 28.8. The maximum absolute atomic E-state index is 13.4. The molecule has 2 rings (SSSR count). The van der Waals surface area contributed by atoms with Crippen molar-refractivity contribution in [1.29, 1.82) is 0 Å². The molecule has 0 aliphatic rings. The standard InChI is InChI=1S/C38H48F3NO9/c1-2-3-4-7-10-16-30(43)17-11-8-5-6-9-12-18-31(37(51,36(49)50)25-33(44)45)34(46)42-32(35(47)48)23-26-19-21-27(22-20-26)28-14-13-15-29(24-28)38(39,40)41/h12-15,18-22,24,31-32,51H,2-11,16-17,23,25H2,1H3,(H,42,46)(H,44,45)(H,47,48)(H,49,50)/b18-12+/t31-,32-,37-/m0/s1. The van der Waals surface area contributed by atoms with Crippen molar-refractivity contribution in [3.05, 3.63) is 71.8 Å². The van der Waals surface area contributed by atoms with Crippen molar-refractivity contribution in [2.24, 2.45) is 5.92 Å². The van der Waals surface area contributed by atoms with Crippen LogP contribution in [0.1, 0.15) is 102 Å². The van der Waals surface area contributed by atoms with Crippen molar-refractivity contribution in [2.75, 3.05) is 0 Å². The van der Waals surface area contributed by atoms with E-state index in [0.29, 0.717) is 36.8 Å². The van der Waals surface area contributed by atoms with Gasteiger partial charge in [0.05, 0.1) is 17.9 Å². The highest BCUT2D eigenvalue weighted by Gasteiger charge is 2.49. The van der Waals surface area contributed by atoms with Crippen molar-refractivity contribution in [1.82, 2.24) is 5.32 Å². The Hall–Kier alpha value is -4.52. The lowest BCUT2D eigenvalue weighted by Gasteiger charge is -2.29. The SMILES string of the molecule is CCCCCCCC(=O)CCCCCC/C=C/[C@@H](C(=O)N[C@@H](Cc1ccc(-c2cccc(C(F)(F)F)c2)cc1)C(=O)O)[C@@](O)(CC(=O)O)C(=O)O. The van der Waals surface area contributed by atoms with Gasteiger partial charge in [0.15, 0.2) is 5.60 Å². The Labute approximate surface area is 295 Å². The number of carboxylic acid groups (broad SMARTS) is 3. The summed E-state index contributed by atoms with van der Waals surface area (Å²) in [4.78, 5) is 61.1. The number of hydrogen-bond donors (Lipinski definition) is 5. The number of Topliss-reactive ketones (excluding diaryl/α,β-unsaturated/α-hetero) is 1. The molecule has 13 heteroatoms. The number of hydrogen-bond acceptors (Lipinski definition) is 6. The fourth-order valence-electron chi connectivity index (χ4n) is 5.64. The number of ketones is 1. The van der Waals surface area contributed by atoms with E-state index in [1.165, 1.54) is 48.9 Å². The third-order valence-corrected chi connectivity index (χ3v) is 8.58. The highest BCUT2D eigenvalue weighted by atomic mass is 19.4. The van der Waals surface area contributed by atoms with Gasteiger partial charge in [-0.3, -0.25) is 14.4 Å². The first-order valence-corrected chi connectivity index (χ1v) is 17.2. The van der Waals surface area contributed by atoms with Crippen molar-refractivity contribution < 1.29 is 57.6 Å². The number of benzene rings is 2. The lowest BCUT2D eigenvalue weighted by atomic mass is 9.82. The number of carbonyl (C=O) groups is 5. The molecule has 0 aliphatic carbocycles. The molecule has 5 N–H and O–H groups in total. The summed E-state index contributed by atoms with van der Waals surface area (Å²) in [5.41, 5.74) is -2.86. The number of unbranched alkanes of at least 4 members (excludes halogenated alkanes) is 8. The van der Waals surface area contributed by atoms with Crippen LogP contribution in [0.4, 0.5) is 13.2 Å². The minimum absolute atomic E-state index is 0.235. The monoisotopic (exact) mass is 719 g/mol. The van der Waals surface area contributed by atoms with Crippen molar-refractivity contribution in [3.8, 4) is 11.1 Å². The number of allylic oxidation sites excluding steroid dienone is 1. The Balaban J connectivity index is 2.07. The molecule has 0 aliphatic heterocycles. The molecule has 1 amide bonds. The maximum atomic E-state index is 13.4. The Bertz CT molecular complexity index is 1490. The number of halogens is 3. The van der Waals surface area contributed by atoms with E-state index in [4.69, 9.17) is 0 Å². The van der Waals surface area contributed by atoms with Gasteiger partial charge >= 0.3 is 24.1 Å². The number of aliphatic carboxylic acids is 3. The summed E-state index contributed by atoms with van der Waals surface area (Å²) < 4.78 is 39.4. The summed E-state index contributed by atoms with van der Waals surface area (Å²) in [6.45, 7) is 2.13. The van der Waals surface area contributed by atoms with E-state index in [1.807, 2.05) is 0 Å². The van der Waals surface area contributed by atoms with Crippen LogP contribution in [0.25, 0.3) is 11.1 Å². The zero-order valence-electron chi connectivity index (χ0n) is 28.8. The third kappa shape index (κ3) is 14.7. The molecule has 0 spiro atoms. The quantitative estimate of drug-likeness (QED) is 0.0554.